The maximum Gasteiger partial charge on any atom is 0.408 e. The van der Waals surface area contributed by atoms with E-state index in [0.717, 1.165) is 0 Å². The zero-order valence-electron chi connectivity index (χ0n) is 13.7. The summed E-state index contributed by atoms with van der Waals surface area (Å²) >= 11 is 0. The predicted octanol–water partition coefficient (Wildman–Crippen LogP) is 3.55. The summed E-state index contributed by atoms with van der Waals surface area (Å²) in [5, 5.41) is 13.1. The predicted molar refractivity (Wildman–Crippen MR) is 82.7 cm³/mol. The van der Waals surface area contributed by atoms with E-state index >= 15 is 0 Å². The van der Waals surface area contributed by atoms with Crippen molar-refractivity contribution in [3.8, 4) is 0 Å². The van der Waals surface area contributed by atoms with Crippen molar-refractivity contribution in [2.24, 2.45) is 5.41 Å². The number of hydrogen-bond acceptors (Lipinski definition) is 2. The fourth-order valence-electron chi connectivity index (χ4n) is 2.02. The Labute approximate surface area is 138 Å². The van der Waals surface area contributed by atoms with E-state index in [1.807, 2.05) is 5.32 Å². The van der Waals surface area contributed by atoms with E-state index in [-0.39, 0.29) is 18.5 Å². The van der Waals surface area contributed by atoms with Crippen LogP contribution in [0.5, 0.6) is 0 Å². The molecule has 0 aliphatic rings. The van der Waals surface area contributed by atoms with Crippen LogP contribution in [0.2, 0.25) is 0 Å². The molecule has 0 bridgehead atoms. The SMILES string of the molecule is CC(C)(C)CC(NC(=O)NCc1ccc(C(=O)O)cc1)C(F)(F)F. The lowest BCUT2D eigenvalue weighted by Crippen LogP contribution is -2.50. The number of carbonyl (C=O) groups excluding carboxylic acids is 1. The Morgan fingerprint density at radius 3 is 2.08 bits per heavy atom. The van der Waals surface area contributed by atoms with Gasteiger partial charge in [0.25, 0.3) is 0 Å². The Hall–Kier alpha value is -2.25. The number of carbonyl (C=O) groups is 2. The molecule has 1 atom stereocenters. The lowest BCUT2D eigenvalue weighted by Gasteiger charge is -2.28. The van der Waals surface area contributed by atoms with Gasteiger partial charge in [0.2, 0.25) is 0 Å². The van der Waals surface area contributed by atoms with Crippen molar-refractivity contribution in [3.05, 3.63) is 35.4 Å². The molecule has 2 amide bonds. The van der Waals surface area contributed by atoms with E-state index in [1.165, 1.54) is 24.3 Å². The van der Waals surface area contributed by atoms with Crippen LogP contribution in [0.3, 0.4) is 0 Å². The lowest BCUT2D eigenvalue weighted by molar-refractivity contribution is -0.159. The summed E-state index contributed by atoms with van der Waals surface area (Å²) in [4.78, 5) is 22.4. The highest BCUT2D eigenvalue weighted by atomic mass is 19.4. The van der Waals surface area contributed by atoms with Crippen LogP contribution < -0.4 is 10.6 Å². The van der Waals surface area contributed by atoms with Crippen LogP contribution in [0.25, 0.3) is 0 Å². The van der Waals surface area contributed by atoms with Crippen LogP contribution >= 0.6 is 0 Å². The number of benzene rings is 1. The third kappa shape index (κ3) is 6.89. The molecule has 0 spiro atoms. The van der Waals surface area contributed by atoms with Gasteiger partial charge in [0, 0.05) is 6.54 Å². The Balaban J connectivity index is 2.61. The third-order valence-electron chi connectivity index (χ3n) is 3.17. The fourth-order valence-corrected chi connectivity index (χ4v) is 2.02. The van der Waals surface area contributed by atoms with Crippen LogP contribution in [-0.4, -0.2) is 29.3 Å². The summed E-state index contributed by atoms with van der Waals surface area (Å²) < 4.78 is 39.0. The van der Waals surface area contributed by atoms with Gasteiger partial charge in [-0.1, -0.05) is 32.9 Å². The average molecular weight is 346 g/mol. The van der Waals surface area contributed by atoms with Crippen molar-refractivity contribution in [2.75, 3.05) is 0 Å². The molecule has 134 valence electrons. The number of carboxylic acids is 1. The van der Waals surface area contributed by atoms with Gasteiger partial charge in [-0.2, -0.15) is 13.2 Å². The molecular weight excluding hydrogens is 325 g/mol. The van der Waals surface area contributed by atoms with Crippen molar-refractivity contribution in [1.29, 1.82) is 0 Å². The van der Waals surface area contributed by atoms with E-state index in [1.54, 1.807) is 20.8 Å². The quantitative estimate of drug-likeness (QED) is 0.763. The van der Waals surface area contributed by atoms with E-state index < -0.39 is 29.6 Å². The molecule has 0 aliphatic carbocycles. The number of aromatic carboxylic acids is 1. The number of hydrogen-bond donors (Lipinski definition) is 3. The summed E-state index contributed by atoms with van der Waals surface area (Å²) in [5.74, 6) is -1.08. The van der Waals surface area contributed by atoms with Gasteiger partial charge < -0.3 is 15.7 Å². The molecule has 0 fully saturated rings. The standard InChI is InChI=1S/C16H21F3N2O3/c1-15(2,3)8-12(16(17,18)19)21-14(24)20-9-10-4-6-11(7-5-10)13(22)23/h4-7,12H,8-9H2,1-3H3,(H,22,23)(H2,20,21,24). The molecule has 1 rings (SSSR count). The first kappa shape index (κ1) is 19.8. The van der Waals surface area contributed by atoms with Crippen molar-refractivity contribution in [1.82, 2.24) is 10.6 Å². The molecule has 5 nitrogen and oxygen atoms in total. The first-order valence-corrected chi connectivity index (χ1v) is 7.32. The highest BCUT2D eigenvalue weighted by Crippen LogP contribution is 2.30. The molecule has 1 aromatic carbocycles. The van der Waals surface area contributed by atoms with Crippen LogP contribution in [0.1, 0.15) is 43.1 Å². The van der Waals surface area contributed by atoms with E-state index in [2.05, 4.69) is 5.32 Å². The molecule has 1 unspecified atom stereocenters. The molecule has 0 aliphatic heterocycles. The average Bonchev–Trinajstić information content (AvgIpc) is 2.42. The van der Waals surface area contributed by atoms with Crippen molar-refractivity contribution in [2.45, 2.75) is 46.0 Å². The monoisotopic (exact) mass is 346 g/mol. The molecular formula is C16H21F3N2O3. The summed E-state index contributed by atoms with van der Waals surface area (Å²) in [7, 11) is 0. The number of halogens is 3. The minimum atomic E-state index is -4.53. The third-order valence-corrected chi connectivity index (χ3v) is 3.17. The normalized spacial score (nSPS) is 13.2. The van der Waals surface area contributed by atoms with Crippen molar-refractivity contribution >= 4 is 12.0 Å². The second-order valence-corrected chi connectivity index (χ2v) is 6.69. The van der Waals surface area contributed by atoms with Crippen LogP contribution in [-0.2, 0) is 6.54 Å². The Kier molecular flexibility index (Phi) is 6.22. The Morgan fingerprint density at radius 1 is 1.12 bits per heavy atom. The van der Waals surface area contributed by atoms with E-state index in [0.29, 0.717) is 5.56 Å². The molecule has 24 heavy (non-hydrogen) atoms. The van der Waals surface area contributed by atoms with Gasteiger partial charge in [-0.25, -0.2) is 9.59 Å². The number of amides is 2. The zero-order valence-corrected chi connectivity index (χ0v) is 13.7. The molecule has 0 radical (unpaired) electrons. The van der Waals surface area contributed by atoms with Crippen molar-refractivity contribution < 1.29 is 27.9 Å². The van der Waals surface area contributed by atoms with Gasteiger partial charge in [-0.3, -0.25) is 0 Å². The van der Waals surface area contributed by atoms with E-state index in [9.17, 15) is 22.8 Å². The fraction of sp³-hybridized carbons (Fsp3) is 0.500. The summed E-state index contributed by atoms with van der Waals surface area (Å²) in [6.07, 6.45) is -4.77. The van der Waals surface area contributed by atoms with Gasteiger partial charge in [-0.15, -0.1) is 0 Å². The van der Waals surface area contributed by atoms with Gasteiger partial charge in [0.1, 0.15) is 6.04 Å². The molecule has 0 aromatic heterocycles. The second-order valence-electron chi connectivity index (χ2n) is 6.69. The number of carboxylic acid groups (broad SMARTS) is 1. The Morgan fingerprint density at radius 2 is 1.67 bits per heavy atom. The highest BCUT2D eigenvalue weighted by Gasteiger charge is 2.42. The molecule has 3 N–H and O–H groups in total. The number of urea groups is 1. The maximum absolute atomic E-state index is 13.0. The lowest BCUT2D eigenvalue weighted by atomic mass is 9.88. The Bertz CT molecular complexity index is 578. The topological polar surface area (TPSA) is 78.4 Å². The number of nitrogens with one attached hydrogen (secondary N) is 2. The number of alkyl halides is 3. The highest BCUT2D eigenvalue weighted by molar-refractivity contribution is 5.87. The number of rotatable bonds is 5. The van der Waals surface area contributed by atoms with Crippen LogP contribution in [0.15, 0.2) is 24.3 Å². The van der Waals surface area contributed by atoms with Gasteiger partial charge in [0.15, 0.2) is 0 Å². The summed E-state index contributed by atoms with van der Waals surface area (Å²) in [5.41, 5.74) is 0.0696. The molecule has 0 saturated heterocycles. The zero-order chi connectivity index (χ0) is 18.5. The summed E-state index contributed by atoms with van der Waals surface area (Å²) in [6, 6.07) is 2.82. The minimum Gasteiger partial charge on any atom is -0.478 e. The first-order valence-electron chi connectivity index (χ1n) is 7.32. The first-order chi connectivity index (χ1) is 10.9. The molecule has 0 heterocycles. The smallest absolute Gasteiger partial charge is 0.408 e. The van der Waals surface area contributed by atoms with Gasteiger partial charge in [0.05, 0.1) is 5.56 Å². The van der Waals surface area contributed by atoms with Crippen LogP contribution in [0, 0.1) is 5.41 Å². The maximum atomic E-state index is 13.0. The minimum absolute atomic E-state index is 0.00811. The molecule has 8 heteroatoms. The molecule has 1 aromatic rings. The molecule has 0 saturated carbocycles. The summed E-state index contributed by atoms with van der Waals surface area (Å²) in [6.45, 7) is 4.98. The van der Waals surface area contributed by atoms with Gasteiger partial charge >= 0.3 is 18.2 Å². The van der Waals surface area contributed by atoms with Crippen LogP contribution in [0.4, 0.5) is 18.0 Å². The van der Waals surface area contributed by atoms with Gasteiger partial charge in [-0.05, 0) is 29.5 Å². The van der Waals surface area contributed by atoms with E-state index in [4.69, 9.17) is 5.11 Å². The van der Waals surface area contributed by atoms with Crippen molar-refractivity contribution in [3.63, 3.8) is 0 Å². The largest absolute Gasteiger partial charge is 0.478 e. The second kappa shape index (κ2) is 7.55.